The normalized spacial score (nSPS) is 11.4. The predicted octanol–water partition coefficient (Wildman–Crippen LogP) is 5.83. The second kappa shape index (κ2) is 6.71. The van der Waals surface area contributed by atoms with E-state index in [1.807, 2.05) is 26.0 Å². The van der Waals surface area contributed by atoms with Gasteiger partial charge in [-0.2, -0.15) is 13.2 Å². The Morgan fingerprint density at radius 1 is 1.00 bits per heavy atom. The molecule has 0 fully saturated rings. The van der Waals surface area contributed by atoms with Gasteiger partial charge in [-0.3, -0.25) is 4.79 Å². The number of anilines is 1. The van der Waals surface area contributed by atoms with Crippen LogP contribution >= 0.6 is 0 Å². The first-order chi connectivity index (χ1) is 12.2. The van der Waals surface area contributed by atoms with E-state index in [9.17, 15) is 18.0 Å². The molecule has 1 amide bonds. The number of benzene rings is 2. The van der Waals surface area contributed by atoms with Gasteiger partial charge in [-0.05, 0) is 49.7 Å². The monoisotopic (exact) mass is 359 g/mol. The lowest BCUT2D eigenvalue weighted by atomic mass is 10.1. The molecule has 3 rings (SSSR count). The summed E-state index contributed by atoms with van der Waals surface area (Å²) < 4.78 is 43.9. The van der Waals surface area contributed by atoms with Gasteiger partial charge in [-0.1, -0.05) is 29.8 Å². The maximum atomic E-state index is 12.8. The first-order valence-electron chi connectivity index (χ1n) is 7.90. The summed E-state index contributed by atoms with van der Waals surface area (Å²) in [6.07, 6.45) is -4.44. The SMILES string of the molecule is Cc1ccc(NC(=O)c2ccc(-c3cccc(C(F)(F)F)c3)o2)c(C)c1. The Labute approximate surface area is 148 Å². The number of hydrogen-bond acceptors (Lipinski definition) is 2. The van der Waals surface area contributed by atoms with Crippen molar-refractivity contribution in [2.75, 3.05) is 5.32 Å². The highest BCUT2D eigenvalue weighted by Gasteiger charge is 2.30. The van der Waals surface area contributed by atoms with Crippen molar-refractivity contribution in [1.82, 2.24) is 0 Å². The second-order valence-electron chi connectivity index (χ2n) is 6.01. The van der Waals surface area contributed by atoms with Gasteiger partial charge in [-0.25, -0.2) is 0 Å². The molecule has 1 N–H and O–H groups in total. The van der Waals surface area contributed by atoms with Crippen molar-refractivity contribution in [1.29, 1.82) is 0 Å². The van der Waals surface area contributed by atoms with E-state index in [-0.39, 0.29) is 17.1 Å². The van der Waals surface area contributed by atoms with Crippen LogP contribution in [0.15, 0.2) is 59.0 Å². The van der Waals surface area contributed by atoms with Crippen LogP contribution in [-0.2, 0) is 6.18 Å². The first-order valence-corrected chi connectivity index (χ1v) is 7.90. The minimum atomic E-state index is -4.44. The largest absolute Gasteiger partial charge is 0.451 e. The van der Waals surface area contributed by atoms with E-state index < -0.39 is 17.6 Å². The summed E-state index contributed by atoms with van der Waals surface area (Å²) in [6.45, 7) is 3.82. The van der Waals surface area contributed by atoms with Crippen molar-refractivity contribution in [2.45, 2.75) is 20.0 Å². The molecular weight excluding hydrogens is 343 g/mol. The highest BCUT2D eigenvalue weighted by molar-refractivity contribution is 6.03. The van der Waals surface area contributed by atoms with Crippen molar-refractivity contribution in [3.8, 4) is 11.3 Å². The summed E-state index contributed by atoms with van der Waals surface area (Å²) in [5.74, 6) is -0.241. The molecule has 0 unspecified atom stereocenters. The fourth-order valence-corrected chi connectivity index (χ4v) is 2.60. The number of carbonyl (C=O) groups excluding carboxylic acids is 1. The zero-order valence-corrected chi connectivity index (χ0v) is 14.1. The van der Waals surface area contributed by atoms with Crippen LogP contribution in [0, 0.1) is 13.8 Å². The first kappa shape index (κ1) is 17.8. The van der Waals surface area contributed by atoms with Crippen LogP contribution in [0.1, 0.15) is 27.2 Å². The van der Waals surface area contributed by atoms with Crippen molar-refractivity contribution < 1.29 is 22.4 Å². The van der Waals surface area contributed by atoms with E-state index in [0.29, 0.717) is 5.69 Å². The highest BCUT2D eigenvalue weighted by atomic mass is 19.4. The lowest BCUT2D eigenvalue weighted by Crippen LogP contribution is -2.11. The third-order valence-corrected chi connectivity index (χ3v) is 3.93. The second-order valence-corrected chi connectivity index (χ2v) is 6.01. The molecule has 6 heteroatoms. The van der Waals surface area contributed by atoms with Gasteiger partial charge in [0, 0.05) is 11.3 Å². The Balaban J connectivity index is 1.82. The molecule has 1 aromatic heterocycles. The smallest absolute Gasteiger partial charge is 0.416 e. The van der Waals surface area contributed by atoms with Crippen LogP contribution < -0.4 is 5.32 Å². The molecule has 0 atom stereocenters. The Bertz CT molecular complexity index is 958. The summed E-state index contributed by atoms with van der Waals surface area (Å²) in [6, 6.07) is 13.3. The summed E-state index contributed by atoms with van der Waals surface area (Å²) >= 11 is 0. The number of rotatable bonds is 3. The number of halogens is 3. The quantitative estimate of drug-likeness (QED) is 0.639. The molecule has 0 saturated heterocycles. The van der Waals surface area contributed by atoms with Gasteiger partial charge >= 0.3 is 6.18 Å². The number of aryl methyl sites for hydroxylation is 2. The van der Waals surface area contributed by atoms with Crippen molar-refractivity contribution in [3.63, 3.8) is 0 Å². The summed E-state index contributed by atoms with van der Waals surface area (Å²) in [7, 11) is 0. The van der Waals surface area contributed by atoms with E-state index >= 15 is 0 Å². The number of carbonyl (C=O) groups is 1. The number of amides is 1. The Kier molecular flexibility index (Phi) is 4.59. The third kappa shape index (κ3) is 3.79. The average Bonchev–Trinajstić information content (AvgIpc) is 3.07. The highest BCUT2D eigenvalue weighted by Crippen LogP contribution is 2.32. The van der Waals surface area contributed by atoms with Gasteiger partial charge in [-0.15, -0.1) is 0 Å². The van der Waals surface area contributed by atoms with Crippen LogP contribution in [0.4, 0.5) is 18.9 Å². The topological polar surface area (TPSA) is 42.2 Å². The molecule has 0 spiro atoms. The molecule has 0 bridgehead atoms. The molecule has 134 valence electrons. The van der Waals surface area contributed by atoms with Gasteiger partial charge in [0.2, 0.25) is 0 Å². The standard InChI is InChI=1S/C20H16F3NO2/c1-12-6-7-16(13(2)10-12)24-19(25)18-9-8-17(26-18)14-4-3-5-15(11-14)20(21,22)23/h3-11H,1-2H3,(H,24,25). The molecule has 3 aromatic rings. The molecule has 0 aliphatic heterocycles. The molecule has 3 nitrogen and oxygen atoms in total. The van der Waals surface area contributed by atoms with E-state index in [0.717, 1.165) is 23.3 Å². The number of nitrogens with one attached hydrogen (secondary N) is 1. The molecule has 1 heterocycles. The lowest BCUT2D eigenvalue weighted by Gasteiger charge is -2.08. The van der Waals surface area contributed by atoms with E-state index in [2.05, 4.69) is 5.32 Å². The zero-order chi connectivity index (χ0) is 18.9. The van der Waals surface area contributed by atoms with Crippen LogP contribution in [-0.4, -0.2) is 5.91 Å². The Hall–Kier alpha value is -3.02. The summed E-state index contributed by atoms with van der Waals surface area (Å²) in [5, 5.41) is 2.74. The van der Waals surface area contributed by atoms with Gasteiger partial charge in [0.1, 0.15) is 5.76 Å². The fourth-order valence-electron chi connectivity index (χ4n) is 2.60. The molecular formula is C20H16F3NO2. The van der Waals surface area contributed by atoms with Crippen LogP contribution in [0.3, 0.4) is 0 Å². The molecule has 0 radical (unpaired) electrons. The lowest BCUT2D eigenvalue weighted by molar-refractivity contribution is -0.137. The molecule has 0 aliphatic rings. The number of hydrogen-bond donors (Lipinski definition) is 1. The minimum Gasteiger partial charge on any atom is -0.451 e. The van der Waals surface area contributed by atoms with Crippen LogP contribution in [0.25, 0.3) is 11.3 Å². The zero-order valence-electron chi connectivity index (χ0n) is 14.1. The van der Waals surface area contributed by atoms with Crippen LogP contribution in [0.5, 0.6) is 0 Å². The maximum Gasteiger partial charge on any atom is 0.416 e. The van der Waals surface area contributed by atoms with Crippen molar-refractivity contribution >= 4 is 11.6 Å². The number of furan rings is 1. The molecule has 0 saturated carbocycles. The predicted molar refractivity (Wildman–Crippen MR) is 93.0 cm³/mol. The van der Waals surface area contributed by atoms with Gasteiger partial charge < -0.3 is 9.73 Å². The van der Waals surface area contributed by atoms with Gasteiger partial charge in [0.25, 0.3) is 5.91 Å². The van der Waals surface area contributed by atoms with Crippen LogP contribution in [0.2, 0.25) is 0 Å². The van der Waals surface area contributed by atoms with Crippen molar-refractivity contribution in [3.05, 3.63) is 77.0 Å². The van der Waals surface area contributed by atoms with E-state index in [1.165, 1.54) is 24.3 Å². The summed E-state index contributed by atoms with van der Waals surface area (Å²) in [5.41, 5.74) is 2.11. The maximum absolute atomic E-state index is 12.8. The minimum absolute atomic E-state index is 0.0254. The molecule has 26 heavy (non-hydrogen) atoms. The van der Waals surface area contributed by atoms with E-state index in [1.54, 1.807) is 6.07 Å². The molecule has 0 aliphatic carbocycles. The van der Waals surface area contributed by atoms with E-state index in [4.69, 9.17) is 4.42 Å². The van der Waals surface area contributed by atoms with Gasteiger partial charge in [0.05, 0.1) is 5.56 Å². The third-order valence-electron chi connectivity index (χ3n) is 3.93. The fraction of sp³-hybridized carbons (Fsp3) is 0.150. The Morgan fingerprint density at radius 3 is 2.46 bits per heavy atom. The Morgan fingerprint density at radius 2 is 1.77 bits per heavy atom. The van der Waals surface area contributed by atoms with Crippen molar-refractivity contribution in [2.24, 2.45) is 0 Å². The van der Waals surface area contributed by atoms with Gasteiger partial charge in [0.15, 0.2) is 5.76 Å². The average molecular weight is 359 g/mol. The summed E-state index contributed by atoms with van der Waals surface area (Å²) in [4.78, 5) is 12.3. The molecule has 2 aromatic carbocycles. The number of alkyl halides is 3.